The molecule has 0 spiro atoms. The summed E-state index contributed by atoms with van der Waals surface area (Å²) in [6, 6.07) is 12.6. The minimum atomic E-state index is 0.249. The summed E-state index contributed by atoms with van der Waals surface area (Å²) in [5.41, 5.74) is 7.27. The van der Waals surface area contributed by atoms with Crippen molar-refractivity contribution < 1.29 is 4.74 Å². The van der Waals surface area contributed by atoms with Crippen molar-refractivity contribution in [1.82, 2.24) is 9.97 Å². The van der Waals surface area contributed by atoms with Crippen molar-refractivity contribution in [3.8, 4) is 0 Å². The molecule has 1 atom stereocenters. The van der Waals surface area contributed by atoms with Crippen LogP contribution in [0.5, 0.6) is 0 Å². The van der Waals surface area contributed by atoms with Crippen molar-refractivity contribution in [1.29, 1.82) is 0 Å². The van der Waals surface area contributed by atoms with Gasteiger partial charge in [-0.05, 0) is 30.9 Å². The molecule has 1 saturated heterocycles. The average molecular weight is 341 g/mol. The van der Waals surface area contributed by atoms with Gasteiger partial charge in [-0.2, -0.15) is 4.98 Å². The van der Waals surface area contributed by atoms with Crippen LogP contribution in [-0.4, -0.2) is 48.9 Å². The molecule has 1 fully saturated rings. The quantitative estimate of drug-likeness (QED) is 0.680. The molecule has 0 amide bonds. The van der Waals surface area contributed by atoms with E-state index in [1.165, 1.54) is 5.56 Å². The Hall–Kier alpha value is -2.18. The molecule has 3 rings (SSSR count). The molecule has 0 radical (unpaired) electrons. The highest BCUT2D eigenvalue weighted by molar-refractivity contribution is 5.43. The van der Waals surface area contributed by atoms with Gasteiger partial charge in [0.25, 0.3) is 0 Å². The highest BCUT2D eigenvalue weighted by Crippen LogP contribution is 2.17. The molecule has 3 N–H and O–H groups in total. The maximum absolute atomic E-state index is 5.96. The Morgan fingerprint density at radius 2 is 2.08 bits per heavy atom. The number of nitrogens with two attached hydrogens (primary N) is 1. The van der Waals surface area contributed by atoms with E-state index in [-0.39, 0.29) is 6.04 Å². The molecular formula is C19H27N5O. The first-order valence-electron chi connectivity index (χ1n) is 9.00. The highest BCUT2D eigenvalue weighted by atomic mass is 16.5. The first-order chi connectivity index (χ1) is 12.3. The topological polar surface area (TPSA) is 76.3 Å². The van der Waals surface area contributed by atoms with Gasteiger partial charge in [0.15, 0.2) is 0 Å². The summed E-state index contributed by atoms with van der Waals surface area (Å²) in [5.74, 6) is 1.62. The Labute approximate surface area is 149 Å². The number of nitrogens with one attached hydrogen (secondary N) is 1. The van der Waals surface area contributed by atoms with Gasteiger partial charge in [-0.15, -0.1) is 0 Å². The van der Waals surface area contributed by atoms with E-state index >= 15 is 0 Å². The predicted molar refractivity (Wildman–Crippen MR) is 101 cm³/mol. The van der Waals surface area contributed by atoms with E-state index in [4.69, 9.17) is 10.5 Å². The van der Waals surface area contributed by atoms with Gasteiger partial charge in [0.1, 0.15) is 5.82 Å². The molecular weight excluding hydrogens is 314 g/mol. The number of rotatable bonds is 9. The van der Waals surface area contributed by atoms with Crippen molar-refractivity contribution >= 4 is 11.8 Å². The van der Waals surface area contributed by atoms with E-state index in [1.807, 2.05) is 12.1 Å². The molecule has 0 aliphatic carbocycles. The number of aromatic nitrogens is 2. The number of nitrogens with zero attached hydrogens (tertiary/aromatic N) is 3. The van der Waals surface area contributed by atoms with Crippen molar-refractivity contribution in [2.45, 2.75) is 25.3 Å². The van der Waals surface area contributed by atoms with Crippen molar-refractivity contribution in [2.75, 3.05) is 43.1 Å². The van der Waals surface area contributed by atoms with Crippen LogP contribution in [-0.2, 0) is 11.2 Å². The largest absolute Gasteiger partial charge is 0.381 e. The number of ether oxygens (including phenoxy) is 1. The summed E-state index contributed by atoms with van der Waals surface area (Å²) in [7, 11) is 0. The third-order valence-corrected chi connectivity index (χ3v) is 4.32. The lowest BCUT2D eigenvalue weighted by molar-refractivity contribution is 0.137. The van der Waals surface area contributed by atoms with Crippen LogP contribution in [0.25, 0.3) is 0 Å². The molecule has 2 heterocycles. The molecule has 134 valence electrons. The van der Waals surface area contributed by atoms with Gasteiger partial charge < -0.3 is 20.7 Å². The van der Waals surface area contributed by atoms with Crippen molar-refractivity contribution in [3.05, 3.63) is 48.2 Å². The van der Waals surface area contributed by atoms with Crippen LogP contribution in [0.3, 0.4) is 0 Å². The van der Waals surface area contributed by atoms with Gasteiger partial charge in [0.05, 0.1) is 6.61 Å². The monoisotopic (exact) mass is 341 g/mol. The van der Waals surface area contributed by atoms with Crippen LogP contribution in [0.1, 0.15) is 18.4 Å². The molecule has 1 unspecified atom stereocenters. The van der Waals surface area contributed by atoms with Crippen LogP contribution < -0.4 is 16.0 Å². The molecule has 1 aromatic carbocycles. The molecule has 2 aromatic rings. The zero-order valence-electron chi connectivity index (χ0n) is 14.6. The number of hydrogen-bond donors (Lipinski definition) is 2. The fraction of sp³-hybridized carbons (Fsp3) is 0.474. The van der Waals surface area contributed by atoms with Crippen LogP contribution in [0, 0.1) is 0 Å². The summed E-state index contributed by atoms with van der Waals surface area (Å²) in [6.07, 6.45) is 4.70. The summed E-state index contributed by atoms with van der Waals surface area (Å²) in [6.45, 7) is 4.12. The summed E-state index contributed by atoms with van der Waals surface area (Å²) >= 11 is 0. The minimum absolute atomic E-state index is 0.249. The Balaban J connectivity index is 1.31. The second kappa shape index (κ2) is 9.34. The van der Waals surface area contributed by atoms with Gasteiger partial charge in [0, 0.05) is 38.5 Å². The molecule has 0 saturated carbocycles. The van der Waals surface area contributed by atoms with Gasteiger partial charge in [0.2, 0.25) is 5.95 Å². The summed E-state index contributed by atoms with van der Waals surface area (Å²) < 4.78 is 5.69. The van der Waals surface area contributed by atoms with E-state index in [0.29, 0.717) is 5.95 Å². The van der Waals surface area contributed by atoms with E-state index in [0.717, 1.165) is 57.9 Å². The molecule has 1 aliphatic rings. The third-order valence-electron chi connectivity index (χ3n) is 4.32. The maximum Gasteiger partial charge on any atom is 0.224 e. The summed E-state index contributed by atoms with van der Waals surface area (Å²) in [5, 5.41) is 3.27. The Kier molecular flexibility index (Phi) is 6.59. The second-order valence-corrected chi connectivity index (χ2v) is 6.36. The van der Waals surface area contributed by atoms with Gasteiger partial charge >= 0.3 is 0 Å². The first-order valence-corrected chi connectivity index (χ1v) is 9.00. The normalized spacial score (nSPS) is 17.0. The van der Waals surface area contributed by atoms with Gasteiger partial charge in [-0.3, -0.25) is 0 Å². The zero-order chi connectivity index (χ0) is 17.3. The number of anilines is 2. The molecule has 6 nitrogen and oxygen atoms in total. The third kappa shape index (κ3) is 5.69. The Morgan fingerprint density at radius 3 is 2.88 bits per heavy atom. The van der Waals surface area contributed by atoms with Crippen LogP contribution in [0.2, 0.25) is 0 Å². The van der Waals surface area contributed by atoms with Crippen molar-refractivity contribution in [2.24, 2.45) is 5.73 Å². The fourth-order valence-electron chi connectivity index (χ4n) is 2.92. The van der Waals surface area contributed by atoms with Gasteiger partial charge in [-0.1, -0.05) is 30.3 Å². The predicted octanol–water partition coefficient (Wildman–Crippen LogP) is 2.08. The highest BCUT2D eigenvalue weighted by Gasteiger charge is 2.20. The Bertz CT molecular complexity index is 637. The standard InChI is InChI=1S/C19H27N5O/c20-17-8-12-24(15-17)18-7-11-22-19(23-18)21-10-4-13-25-14-9-16-5-2-1-3-6-16/h1-3,5-7,11,17H,4,8-10,12-15,20H2,(H,21,22,23). The second-order valence-electron chi connectivity index (χ2n) is 6.36. The van der Waals surface area contributed by atoms with E-state index in [9.17, 15) is 0 Å². The van der Waals surface area contributed by atoms with Crippen LogP contribution >= 0.6 is 0 Å². The number of hydrogen-bond acceptors (Lipinski definition) is 6. The van der Waals surface area contributed by atoms with E-state index in [2.05, 4.69) is 44.5 Å². The molecule has 0 bridgehead atoms. The van der Waals surface area contributed by atoms with E-state index < -0.39 is 0 Å². The fourth-order valence-corrected chi connectivity index (χ4v) is 2.92. The first kappa shape index (κ1) is 17.6. The zero-order valence-corrected chi connectivity index (χ0v) is 14.6. The van der Waals surface area contributed by atoms with E-state index in [1.54, 1.807) is 6.20 Å². The van der Waals surface area contributed by atoms with Crippen molar-refractivity contribution in [3.63, 3.8) is 0 Å². The maximum atomic E-state index is 5.96. The molecule has 6 heteroatoms. The number of benzene rings is 1. The molecule has 1 aromatic heterocycles. The molecule has 1 aliphatic heterocycles. The molecule has 25 heavy (non-hydrogen) atoms. The van der Waals surface area contributed by atoms with Crippen LogP contribution in [0.4, 0.5) is 11.8 Å². The average Bonchev–Trinajstić information content (AvgIpc) is 3.08. The Morgan fingerprint density at radius 1 is 1.20 bits per heavy atom. The van der Waals surface area contributed by atoms with Gasteiger partial charge in [-0.25, -0.2) is 4.98 Å². The lowest BCUT2D eigenvalue weighted by Crippen LogP contribution is -2.27. The van der Waals surface area contributed by atoms with Crippen LogP contribution in [0.15, 0.2) is 42.6 Å². The SMILES string of the molecule is NC1CCN(c2ccnc(NCCCOCCc3ccccc3)n2)C1. The lowest BCUT2D eigenvalue weighted by Gasteiger charge is -2.17. The smallest absolute Gasteiger partial charge is 0.224 e. The minimum Gasteiger partial charge on any atom is -0.381 e. The summed E-state index contributed by atoms with van der Waals surface area (Å²) in [4.78, 5) is 11.1. The lowest BCUT2D eigenvalue weighted by atomic mass is 10.2.